The van der Waals surface area contributed by atoms with Crippen molar-refractivity contribution in [3.63, 3.8) is 0 Å². The van der Waals surface area contributed by atoms with Gasteiger partial charge in [0.1, 0.15) is 19.8 Å². The van der Waals surface area contributed by atoms with Crippen molar-refractivity contribution in [1.29, 1.82) is 0 Å². The Morgan fingerprint density at radius 2 is 1.20 bits per heavy atom. The second-order valence-electron chi connectivity index (χ2n) is 11.9. The zero-order valence-corrected chi connectivity index (χ0v) is 26.1. The number of nitrogens with one attached hydrogen (secondary N) is 1. The van der Waals surface area contributed by atoms with Gasteiger partial charge in [-0.1, -0.05) is 31.8 Å². The molecular formula is C20H44NO4PSi4. The third-order valence-electron chi connectivity index (χ3n) is 3.56. The molecule has 1 atom stereocenters. The minimum Gasteiger partial charge on any atom is -0.544 e. The molecule has 0 aliphatic carbocycles. The van der Waals surface area contributed by atoms with E-state index in [2.05, 4.69) is 95.7 Å². The lowest BCUT2D eigenvalue weighted by atomic mass is 10.1. The molecule has 1 N–H and O–H groups in total. The molecule has 0 bridgehead atoms. The predicted molar refractivity (Wildman–Crippen MR) is 141 cm³/mol. The standard InChI is InChI=1S/C20H44NO4PSi4/c1-27(2,3)21-20(26(22,24-29(7,8)9)25-30(10,11)12)17-18-13-15-19(16-14-18)23-28(4,5)6/h13-16,20-21H,17H2,1-12H3. The summed E-state index contributed by atoms with van der Waals surface area (Å²) in [5.74, 6) is 0.541. The first-order valence-corrected chi connectivity index (χ1v) is 26.1. The summed E-state index contributed by atoms with van der Waals surface area (Å²) in [4.78, 5) is 3.69. The van der Waals surface area contributed by atoms with Crippen LogP contribution >= 0.6 is 7.60 Å². The van der Waals surface area contributed by atoms with Crippen molar-refractivity contribution in [3.05, 3.63) is 29.8 Å². The molecule has 0 fully saturated rings. The van der Waals surface area contributed by atoms with Crippen molar-refractivity contribution in [3.8, 4) is 5.75 Å². The minimum atomic E-state index is -3.36. The molecule has 174 valence electrons. The summed E-state index contributed by atoms with van der Waals surface area (Å²) in [5.41, 5.74) is 1.10. The second-order valence-corrected chi connectivity index (χ2v) is 32.8. The molecule has 5 nitrogen and oxygen atoms in total. The average molecular weight is 506 g/mol. The van der Waals surface area contributed by atoms with Crippen LogP contribution in [0.15, 0.2) is 24.3 Å². The smallest absolute Gasteiger partial charge is 0.327 e. The topological polar surface area (TPSA) is 56.8 Å². The minimum absolute atomic E-state index is 0.355. The normalized spacial score (nSPS) is 15.2. The summed E-state index contributed by atoms with van der Waals surface area (Å²) >= 11 is 0. The summed E-state index contributed by atoms with van der Waals surface area (Å²) in [6.45, 7) is 25.6. The summed E-state index contributed by atoms with van der Waals surface area (Å²) in [6.07, 6.45) is 0.601. The highest BCUT2D eigenvalue weighted by molar-refractivity contribution is 7.58. The Morgan fingerprint density at radius 3 is 1.53 bits per heavy atom. The fraction of sp³-hybridized carbons (Fsp3) is 0.700. The Morgan fingerprint density at radius 1 is 0.767 bits per heavy atom. The van der Waals surface area contributed by atoms with Gasteiger partial charge >= 0.3 is 7.60 Å². The molecule has 0 aliphatic heterocycles. The van der Waals surface area contributed by atoms with E-state index in [-0.39, 0.29) is 5.78 Å². The van der Waals surface area contributed by atoms with E-state index in [1.165, 1.54) is 0 Å². The van der Waals surface area contributed by atoms with Crippen LogP contribution in [-0.4, -0.2) is 39.0 Å². The van der Waals surface area contributed by atoms with Gasteiger partial charge in [-0.2, -0.15) is 0 Å². The first-order valence-electron chi connectivity index (χ1n) is 10.7. The first-order chi connectivity index (χ1) is 13.2. The van der Waals surface area contributed by atoms with Gasteiger partial charge in [0.15, 0.2) is 16.6 Å². The molecule has 0 radical (unpaired) electrons. The molecule has 0 amide bonds. The van der Waals surface area contributed by atoms with Crippen LogP contribution in [0.1, 0.15) is 5.56 Å². The molecule has 1 aromatic carbocycles. The zero-order chi connectivity index (χ0) is 23.6. The van der Waals surface area contributed by atoms with Crippen molar-refractivity contribution < 1.29 is 17.4 Å². The van der Waals surface area contributed by atoms with Gasteiger partial charge in [-0.15, -0.1) is 0 Å². The van der Waals surface area contributed by atoms with E-state index in [1.54, 1.807) is 0 Å². The van der Waals surface area contributed by atoms with Crippen molar-refractivity contribution in [2.45, 2.75) is 90.8 Å². The summed E-state index contributed by atoms with van der Waals surface area (Å²) < 4.78 is 33.0. The highest BCUT2D eigenvalue weighted by Gasteiger charge is 2.44. The molecular weight excluding hydrogens is 462 g/mol. The van der Waals surface area contributed by atoms with Gasteiger partial charge < -0.3 is 17.8 Å². The van der Waals surface area contributed by atoms with Crippen LogP contribution in [0.4, 0.5) is 0 Å². The van der Waals surface area contributed by atoms with Gasteiger partial charge in [-0.3, -0.25) is 4.57 Å². The van der Waals surface area contributed by atoms with E-state index in [9.17, 15) is 4.57 Å². The lowest BCUT2D eigenvalue weighted by Gasteiger charge is -2.38. The maximum Gasteiger partial charge on any atom is 0.327 e. The number of hydrogen-bond donors (Lipinski definition) is 1. The van der Waals surface area contributed by atoms with E-state index < -0.39 is 40.8 Å². The van der Waals surface area contributed by atoms with Crippen molar-refractivity contribution in [1.82, 2.24) is 4.98 Å². The molecule has 1 unspecified atom stereocenters. The van der Waals surface area contributed by atoms with E-state index >= 15 is 0 Å². The van der Waals surface area contributed by atoms with Gasteiger partial charge in [0.25, 0.3) is 0 Å². The maximum atomic E-state index is 14.2. The van der Waals surface area contributed by atoms with Gasteiger partial charge in [0, 0.05) is 0 Å². The van der Waals surface area contributed by atoms with Gasteiger partial charge in [-0.25, -0.2) is 0 Å². The monoisotopic (exact) mass is 505 g/mol. The number of benzene rings is 1. The molecule has 1 rings (SSSR count). The Balaban J connectivity index is 3.27. The second kappa shape index (κ2) is 9.87. The summed E-state index contributed by atoms with van der Waals surface area (Å²) in [5, 5.41) is 0. The fourth-order valence-corrected chi connectivity index (χ4v) is 14.7. The van der Waals surface area contributed by atoms with Gasteiger partial charge in [-0.05, 0) is 83.0 Å². The largest absolute Gasteiger partial charge is 0.544 e. The lowest BCUT2D eigenvalue weighted by Crippen LogP contribution is -2.50. The highest BCUT2D eigenvalue weighted by Crippen LogP contribution is 2.57. The molecule has 1 aromatic rings. The number of rotatable bonds is 11. The van der Waals surface area contributed by atoms with E-state index in [0.717, 1.165) is 11.3 Å². The molecule has 10 heteroatoms. The van der Waals surface area contributed by atoms with Crippen molar-refractivity contribution in [2.75, 3.05) is 0 Å². The molecule has 0 saturated carbocycles. The first kappa shape index (κ1) is 28.0. The van der Waals surface area contributed by atoms with Crippen molar-refractivity contribution >= 4 is 40.8 Å². The highest BCUT2D eigenvalue weighted by atomic mass is 31.2. The quantitative estimate of drug-likeness (QED) is 0.257. The van der Waals surface area contributed by atoms with Gasteiger partial charge in [0.05, 0.1) is 0 Å². The predicted octanol–water partition coefficient (Wildman–Crippen LogP) is 7.09. The van der Waals surface area contributed by atoms with E-state index in [0.29, 0.717) is 6.42 Å². The number of hydrogen-bond acceptors (Lipinski definition) is 5. The third kappa shape index (κ3) is 11.6. The van der Waals surface area contributed by atoms with Gasteiger partial charge in [0.2, 0.25) is 8.32 Å². The van der Waals surface area contributed by atoms with Crippen LogP contribution in [0.5, 0.6) is 5.75 Å². The molecule has 0 spiro atoms. The average Bonchev–Trinajstić information content (AvgIpc) is 2.41. The molecule has 0 saturated heterocycles. The van der Waals surface area contributed by atoms with Crippen LogP contribution in [-0.2, 0) is 19.4 Å². The third-order valence-corrected chi connectivity index (χ3v) is 13.4. The summed E-state index contributed by atoms with van der Waals surface area (Å²) in [7, 11) is -10.9. The fourth-order valence-electron chi connectivity index (χ4n) is 2.92. The Hall–Kier alpha value is -0.00247. The zero-order valence-electron chi connectivity index (χ0n) is 21.2. The van der Waals surface area contributed by atoms with Crippen LogP contribution in [0, 0.1) is 0 Å². The summed E-state index contributed by atoms with van der Waals surface area (Å²) in [6, 6.07) is 8.18. The molecule has 0 aromatic heterocycles. The molecule has 0 aliphatic rings. The van der Waals surface area contributed by atoms with E-state index in [4.69, 9.17) is 12.9 Å². The molecule has 0 heterocycles. The lowest BCUT2D eigenvalue weighted by molar-refractivity contribution is 0.363. The van der Waals surface area contributed by atoms with Crippen LogP contribution in [0.3, 0.4) is 0 Å². The Labute approximate surface area is 189 Å². The maximum absolute atomic E-state index is 14.2. The van der Waals surface area contributed by atoms with E-state index in [1.807, 2.05) is 12.1 Å². The van der Waals surface area contributed by atoms with Crippen LogP contribution in [0.2, 0.25) is 78.6 Å². The van der Waals surface area contributed by atoms with Crippen molar-refractivity contribution in [2.24, 2.45) is 0 Å². The SMILES string of the molecule is C[Si](C)(C)NC(Cc1ccc(O[Si](C)(C)C)cc1)P(=O)(O[Si](C)(C)C)O[Si](C)(C)C. The van der Waals surface area contributed by atoms with Crippen LogP contribution < -0.4 is 9.41 Å². The molecule has 30 heavy (non-hydrogen) atoms. The Bertz CT molecular complexity index is 712. The van der Waals surface area contributed by atoms with Crippen LogP contribution in [0.25, 0.3) is 0 Å². The Kier molecular flexibility index (Phi) is 9.22.